The monoisotopic (exact) mass is 214 g/mol. The normalized spacial score (nSPS) is 19.1. The number of carbonyl (C=O) groups excluding carboxylic acids is 1. The fraction of sp³-hybridized carbons (Fsp3) is 0.900. The van der Waals surface area contributed by atoms with Crippen molar-refractivity contribution in [2.75, 3.05) is 0 Å². The van der Waals surface area contributed by atoms with Crippen LogP contribution in [0.4, 0.5) is 4.79 Å². The molecular weight excluding hydrogens is 192 g/mol. The third-order valence-corrected chi connectivity index (χ3v) is 3.41. The summed E-state index contributed by atoms with van der Waals surface area (Å²) >= 11 is 0. The van der Waals surface area contributed by atoms with E-state index in [9.17, 15) is 4.79 Å². The Bertz CT molecular complexity index is 195. The van der Waals surface area contributed by atoms with Crippen molar-refractivity contribution >= 4 is 14.3 Å². The van der Waals surface area contributed by atoms with Crippen molar-refractivity contribution in [1.82, 2.24) is 10.3 Å². The lowest BCUT2D eigenvalue weighted by Crippen LogP contribution is -2.52. The van der Waals surface area contributed by atoms with Crippen molar-refractivity contribution in [3.05, 3.63) is 0 Å². The maximum absolute atomic E-state index is 11.5. The minimum atomic E-state index is -1.47. The van der Waals surface area contributed by atoms with E-state index >= 15 is 0 Å². The van der Waals surface area contributed by atoms with Gasteiger partial charge in [0, 0.05) is 6.04 Å². The molecule has 82 valence electrons. The van der Waals surface area contributed by atoms with Crippen LogP contribution >= 0.6 is 0 Å². The molecule has 0 aromatic heterocycles. The Kier molecular flexibility index (Phi) is 3.98. The number of amides is 2. The summed E-state index contributed by atoms with van der Waals surface area (Å²) in [6.45, 7) is 6.40. The van der Waals surface area contributed by atoms with Crippen LogP contribution in [-0.2, 0) is 0 Å². The van der Waals surface area contributed by atoms with Crippen molar-refractivity contribution in [2.24, 2.45) is 0 Å². The highest BCUT2D eigenvalue weighted by Gasteiger charge is 2.20. The Morgan fingerprint density at radius 1 is 1.14 bits per heavy atom. The first kappa shape index (κ1) is 11.6. The molecular formula is C10H22N2OSi. The number of nitrogens with one attached hydrogen (secondary N) is 2. The lowest BCUT2D eigenvalue weighted by atomic mass is 9.96. The molecule has 0 aliphatic heterocycles. The van der Waals surface area contributed by atoms with Crippen LogP contribution in [0.5, 0.6) is 0 Å². The van der Waals surface area contributed by atoms with Gasteiger partial charge in [-0.1, -0.05) is 38.9 Å². The maximum atomic E-state index is 11.5. The van der Waals surface area contributed by atoms with Gasteiger partial charge in [0.05, 0.1) is 0 Å². The molecule has 0 atom stereocenters. The predicted molar refractivity (Wildman–Crippen MR) is 61.9 cm³/mol. The fourth-order valence-electron chi connectivity index (χ4n) is 1.81. The molecule has 0 unspecified atom stereocenters. The molecule has 0 bridgehead atoms. The number of hydrogen-bond acceptors (Lipinski definition) is 1. The summed E-state index contributed by atoms with van der Waals surface area (Å²) < 4.78 is 0. The molecule has 0 spiro atoms. The summed E-state index contributed by atoms with van der Waals surface area (Å²) in [7, 11) is -1.47. The molecule has 1 aliphatic carbocycles. The number of rotatable bonds is 2. The number of carbonyl (C=O) groups is 1. The Balaban J connectivity index is 2.25. The van der Waals surface area contributed by atoms with Gasteiger partial charge >= 0.3 is 6.03 Å². The summed E-state index contributed by atoms with van der Waals surface area (Å²) in [4.78, 5) is 14.6. The summed E-state index contributed by atoms with van der Waals surface area (Å²) in [6.07, 6.45) is 6.15. The second kappa shape index (κ2) is 4.82. The van der Waals surface area contributed by atoms with Gasteiger partial charge in [-0.05, 0) is 12.8 Å². The van der Waals surface area contributed by atoms with Gasteiger partial charge in [-0.3, -0.25) is 0 Å². The maximum Gasteiger partial charge on any atom is 0.307 e. The van der Waals surface area contributed by atoms with Crippen LogP contribution in [0, 0.1) is 0 Å². The second-order valence-corrected chi connectivity index (χ2v) is 9.93. The first-order chi connectivity index (χ1) is 6.47. The van der Waals surface area contributed by atoms with E-state index in [1.807, 2.05) is 0 Å². The molecule has 3 nitrogen and oxygen atoms in total. The van der Waals surface area contributed by atoms with E-state index in [0.717, 1.165) is 12.8 Å². The highest BCUT2D eigenvalue weighted by molar-refractivity contribution is 6.75. The molecule has 0 heterocycles. The Hall–Kier alpha value is -0.513. The van der Waals surface area contributed by atoms with E-state index in [4.69, 9.17) is 0 Å². The van der Waals surface area contributed by atoms with Crippen LogP contribution < -0.4 is 10.3 Å². The summed E-state index contributed by atoms with van der Waals surface area (Å²) in [5.41, 5.74) is 0. The van der Waals surface area contributed by atoms with E-state index < -0.39 is 8.24 Å². The minimum Gasteiger partial charge on any atom is -0.365 e. The van der Waals surface area contributed by atoms with E-state index in [2.05, 4.69) is 29.9 Å². The molecule has 1 aliphatic rings. The van der Waals surface area contributed by atoms with E-state index in [-0.39, 0.29) is 6.03 Å². The van der Waals surface area contributed by atoms with Crippen LogP contribution in [-0.4, -0.2) is 20.3 Å². The van der Waals surface area contributed by atoms with E-state index in [1.54, 1.807) is 0 Å². The lowest BCUT2D eigenvalue weighted by Gasteiger charge is -2.25. The second-order valence-electron chi connectivity index (χ2n) is 5.18. The van der Waals surface area contributed by atoms with Gasteiger partial charge < -0.3 is 10.3 Å². The van der Waals surface area contributed by atoms with Crippen molar-refractivity contribution in [2.45, 2.75) is 57.8 Å². The van der Waals surface area contributed by atoms with Gasteiger partial charge in [0.2, 0.25) is 0 Å². The van der Waals surface area contributed by atoms with Gasteiger partial charge in [-0.15, -0.1) is 0 Å². The number of urea groups is 1. The molecule has 0 saturated heterocycles. The summed E-state index contributed by atoms with van der Waals surface area (Å²) in [6, 6.07) is 0.455. The van der Waals surface area contributed by atoms with Crippen LogP contribution in [0.25, 0.3) is 0 Å². The van der Waals surface area contributed by atoms with Gasteiger partial charge in [0.25, 0.3) is 0 Å². The summed E-state index contributed by atoms with van der Waals surface area (Å²) in [5, 5.41) is 3.06. The molecule has 1 saturated carbocycles. The fourth-order valence-corrected chi connectivity index (χ4v) is 2.56. The Morgan fingerprint density at radius 2 is 1.71 bits per heavy atom. The van der Waals surface area contributed by atoms with Crippen LogP contribution in [0.15, 0.2) is 0 Å². The highest BCUT2D eigenvalue weighted by Crippen LogP contribution is 2.17. The first-order valence-corrected chi connectivity index (χ1v) is 9.06. The zero-order chi connectivity index (χ0) is 10.6. The molecule has 0 radical (unpaired) electrons. The van der Waals surface area contributed by atoms with Crippen LogP contribution in [0.1, 0.15) is 32.1 Å². The molecule has 14 heavy (non-hydrogen) atoms. The highest BCUT2D eigenvalue weighted by atomic mass is 28.3. The average molecular weight is 214 g/mol. The molecule has 2 amide bonds. The minimum absolute atomic E-state index is 0.0380. The molecule has 0 aromatic rings. The lowest BCUT2D eigenvalue weighted by molar-refractivity contribution is 0.237. The standard InChI is InChI=1S/C10H22N2OSi/c1-14(2,3)12-10(13)11-9-7-5-4-6-8-9/h9H,4-8H2,1-3H3,(H2,11,12,13). The SMILES string of the molecule is C[Si](C)(C)NC(=O)NC1CCCCC1. The largest absolute Gasteiger partial charge is 0.365 e. The van der Waals surface area contributed by atoms with Gasteiger partial charge in [0.15, 0.2) is 0 Å². The van der Waals surface area contributed by atoms with Crippen molar-refractivity contribution in [1.29, 1.82) is 0 Å². The third-order valence-electron chi connectivity index (χ3n) is 2.43. The molecule has 0 aromatic carbocycles. The van der Waals surface area contributed by atoms with E-state index in [0.29, 0.717) is 6.04 Å². The quantitative estimate of drug-likeness (QED) is 0.681. The van der Waals surface area contributed by atoms with Gasteiger partial charge in [-0.2, -0.15) is 0 Å². The summed E-state index contributed by atoms with van der Waals surface area (Å²) in [5.74, 6) is 0. The molecule has 1 rings (SSSR count). The van der Waals surface area contributed by atoms with Crippen molar-refractivity contribution in [3.8, 4) is 0 Å². The van der Waals surface area contributed by atoms with Crippen LogP contribution in [0.3, 0.4) is 0 Å². The zero-order valence-corrected chi connectivity index (χ0v) is 10.5. The Morgan fingerprint density at radius 3 is 2.21 bits per heavy atom. The molecule has 4 heteroatoms. The zero-order valence-electron chi connectivity index (χ0n) is 9.52. The van der Waals surface area contributed by atoms with E-state index in [1.165, 1.54) is 19.3 Å². The topological polar surface area (TPSA) is 41.1 Å². The Labute approximate surface area is 87.7 Å². The predicted octanol–water partition coefficient (Wildman–Crippen LogP) is 2.45. The van der Waals surface area contributed by atoms with Gasteiger partial charge in [-0.25, -0.2) is 4.79 Å². The average Bonchev–Trinajstić information content (AvgIpc) is 2.02. The van der Waals surface area contributed by atoms with Gasteiger partial charge in [0.1, 0.15) is 8.24 Å². The van der Waals surface area contributed by atoms with Crippen molar-refractivity contribution in [3.63, 3.8) is 0 Å². The van der Waals surface area contributed by atoms with Crippen LogP contribution in [0.2, 0.25) is 19.6 Å². The smallest absolute Gasteiger partial charge is 0.307 e. The van der Waals surface area contributed by atoms with Crippen molar-refractivity contribution < 1.29 is 4.79 Å². The first-order valence-electron chi connectivity index (χ1n) is 5.56. The third kappa shape index (κ3) is 4.65. The number of hydrogen-bond donors (Lipinski definition) is 2. The molecule has 2 N–H and O–H groups in total. The molecule has 1 fully saturated rings.